The molecule has 2 rings (SSSR count). The zero-order chi connectivity index (χ0) is 12.8. The van der Waals surface area contributed by atoms with E-state index in [1.165, 1.54) is 25.0 Å². The molecule has 0 aliphatic carbocycles. The fraction of sp³-hybridized carbons (Fsp3) is 0.400. The van der Waals surface area contributed by atoms with Crippen LogP contribution in [0.25, 0.3) is 11.3 Å². The highest BCUT2D eigenvalue weighted by atomic mass is 16.5. The smallest absolute Gasteiger partial charge is 0.118 e. The van der Waals surface area contributed by atoms with Crippen molar-refractivity contribution in [3.05, 3.63) is 36.0 Å². The first-order valence-electron chi connectivity index (χ1n) is 6.52. The van der Waals surface area contributed by atoms with E-state index < -0.39 is 0 Å². The lowest BCUT2D eigenvalue weighted by atomic mass is 10.1. The van der Waals surface area contributed by atoms with Crippen molar-refractivity contribution >= 4 is 0 Å². The number of aromatic amines is 1. The topological polar surface area (TPSA) is 37.9 Å². The van der Waals surface area contributed by atoms with Gasteiger partial charge in [-0.1, -0.05) is 19.8 Å². The number of nitrogens with one attached hydrogen (secondary N) is 1. The standard InChI is InChI=1S/C15H20N2O/c1-3-4-5-6-13-11-15(17-16-13)12-7-9-14(18-2)10-8-12/h7-11H,3-6H2,1-2H3,(H,16,17). The van der Waals surface area contributed by atoms with Crippen molar-refractivity contribution < 1.29 is 4.74 Å². The lowest BCUT2D eigenvalue weighted by molar-refractivity contribution is 0.415. The molecule has 0 aliphatic heterocycles. The highest BCUT2D eigenvalue weighted by Gasteiger charge is 2.04. The van der Waals surface area contributed by atoms with Crippen molar-refractivity contribution in [3.8, 4) is 17.0 Å². The number of methoxy groups -OCH3 is 1. The van der Waals surface area contributed by atoms with Gasteiger partial charge >= 0.3 is 0 Å². The molecule has 18 heavy (non-hydrogen) atoms. The van der Waals surface area contributed by atoms with Gasteiger partial charge in [-0.15, -0.1) is 0 Å². The maximum atomic E-state index is 5.15. The molecule has 1 aromatic carbocycles. The molecule has 3 nitrogen and oxygen atoms in total. The second-order valence-electron chi connectivity index (χ2n) is 4.46. The number of nitrogens with zero attached hydrogens (tertiary/aromatic N) is 1. The van der Waals surface area contributed by atoms with Crippen molar-refractivity contribution in [1.29, 1.82) is 0 Å². The molecule has 0 unspecified atom stereocenters. The van der Waals surface area contributed by atoms with Crippen molar-refractivity contribution in [2.45, 2.75) is 32.6 Å². The van der Waals surface area contributed by atoms with Crippen LogP contribution in [0.15, 0.2) is 30.3 Å². The molecule has 0 atom stereocenters. The van der Waals surface area contributed by atoms with Crippen LogP contribution in [0, 0.1) is 0 Å². The quantitative estimate of drug-likeness (QED) is 0.784. The van der Waals surface area contributed by atoms with Gasteiger partial charge in [0.1, 0.15) is 5.75 Å². The minimum atomic E-state index is 0.873. The maximum Gasteiger partial charge on any atom is 0.118 e. The van der Waals surface area contributed by atoms with Gasteiger partial charge in [-0.2, -0.15) is 5.10 Å². The first kappa shape index (κ1) is 12.7. The third-order valence-corrected chi connectivity index (χ3v) is 3.07. The Bertz CT molecular complexity index is 473. The van der Waals surface area contributed by atoms with Crippen molar-refractivity contribution in [2.24, 2.45) is 0 Å². The Labute approximate surface area is 108 Å². The summed E-state index contributed by atoms with van der Waals surface area (Å²) in [6.07, 6.45) is 4.83. The third kappa shape index (κ3) is 3.13. The van der Waals surface area contributed by atoms with Crippen LogP contribution in [0.1, 0.15) is 31.9 Å². The summed E-state index contributed by atoms with van der Waals surface area (Å²) in [4.78, 5) is 0. The summed E-state index contributed by atoms with van der Waals surface area (Å²) in [5.41, 5.74) is 3.34. The van der Waals surface area contributed by atoms with Crippen LogP contribution in [-0.4, -0.2) is 17.3 Å². The molecule has 0 bridgehead atoms. The van der Waals surface area contributed by atoms with Crippen LogP contribution in [-0.2, 0) is 6.42 Å². The second-order valence-corrected chi connectivity index (χ2v) is 4.46. The molecular weight excluding hydrogens is 224 g/mol. The molecule has 0 amide bonds. The van der Waals surface area contributed by atoms with Crippen LogP contribution in [0.2, 0.25) is 0 Å². The lowest BCUT2D eigenvalue weighted by Crippen LogP contribution is -1.84. The first-order valence-corrected chi connectivity index (χ1v) is 6.52. The number of hydrogen-bond donors (Lipinski definition) is 1. The van der Waals surface area contributed by atoms with Crippen molar-refractivity contribution in [1.82, 2.24) is 10.2 Å². The molecular formula is C15H20N2O. The molecule has 0 spiro atoms. The van der Waals surface area contributed by atoms with E-state index in [1.54, 1.807) is 7.11 Å². The monoisotopic (exact) mass is 244 g/mol. The van der Waals surface area contributed by atoms with Gasteiger partial charge in [0.2, 0.25) is 0 Å². The van der Waals surface area contributed by atoms with E-state index in [0.717, 1.165) is 23.4 Å². The first-order chi connectivity index (χ1) is 8.83. The Balaban J connectivity index is 2.04. The number of H-pyrrole nitrogens is 1. The minimum absolute atomic E-state index is 0.873. The summed E-state index contributed by atoms with van der Waals surface area (Å²) in [6.45, 7) is 2.22. The zero-order valence-corrected chi connectivity index (χ0v) is 11.1. The molecule has 0 saturated heterocycles. The molecule has 0 fully saturated rings. The van der Waals surface area contributed by atoms with Gasteiger partial charge in [-0.25, -0.2) is 0 Å². The predicted octanol–water partition coefficient (Wildman–Crippen LogP) is 3.82. The van der Waals surface area contributed by atoms with E-state index in [1.807, 2.05) is 24.3 Å². The summed E-state index contributed by atoms with van der Waals surface area (Å²) >= 11 is 0. The minimum Gasteiger partial charge on any atom is -0.497 e. The van der Waals surface area contributed by atoms with Gasteiger partial charge in [0.05, 0.1) is 12.8 Å². The van der Waals surface area contributed by atoms with Gasteiger partial charge in [0.25, 0.3) is 0 Å². The Hall–Kier alpha value is -1.77. The fourth-order valence-corrected chi connectivity index (χ4v) is 1.96. The number of rotatable bonds is 6. The van der Waals surface area contributed by atoms with Crippen LogP contribution in [0.5, 0.6) is 5.75 Å². The molecule has 1 aromatic heterocycles. The highest BCUT2D eigenvalue weighted by Crippen LogP contribution is 2.21. The molecule has 3 heteroatoms. The van der Waals surface area contributed by atoms with E-state index in [2.05, 4.69) is 23.2 Å². The number of unbranched alkanes of at least 4 members (excludes halogenated alkanes) is 2. The van der Waals surface area contributed by atoms with Crippen molar-refractivity contribution in [3.63, 3.8) is 0 Å². The summed E-state index contributed by atoms with van der Waals surface area (Å²) in [5.74, 6) is 0.873. The Kier molecular flexibility index (Phi) is 4.40. The highest BCUT2D eigenvalue weighted by molar-refractivity contribution is 5.60. The van der Waals surface area contributed by atoms with Gasteiger partial charge in [0, 0.05) is 11.3 Å². The number of aryl methyl sites for hydroxylation is 1. The van der Waals surface area contributed by atoms with E-state index in [-0.39, 0.29) is 0 Å². The summed E-state index contributed by atoms with van der Waals surface area (Å²) in [6, 6.07) is 10.1. The van der Waals surface area contributed by atoms with Gasteiger partial charge in [0.15, 0.2) is 0 Å². The lowest BCUT2D eigenvalue weighted by Gasteiger charge is -2.00. The number of ether oxygens (including phenoxy) is 1. The molecule has 2 aromatic rings. The molecule has 1 heterocycles. The van der Waals surface area contributed by atoms with Crippen LogP contribution in [0.3, 0.4) is 0 Å². The average Bonchev–Trinajstić information content (AvgIpc) is 2.88. The van der Waals surface area contributed by atoms with Gasteiger partial charge in [-0.05, 0) is 43.2 Å². The van der Waals surface area contributed by atoms with E-state index in [4.69, 9.17) is 4.74 Å². The van der Waals surface area contributed by atoms with E-state index in [9.17, 15) is 0 Å². The molecule has 96 valence electrons. The number of aromatic nitrogens is 2. The van der Waals surface area contributed by atoms with Crippen LogP contribution >= 0.6 is 0 Å². The van der Waals surface area contributed by atoms with Gasteiger partial charge in [-0.3, -0.25) is 5.10 Å². The third-order valence-electron chi connectivity index (χ3n) is 3.07. The molecule has 0 saturated carbocycles. The number of benzene rings is 1. The van der Waals surface area contributed by atoms with Crippen LogP contribution in [0.4, 0.5) is 0 Å². The molecule has 0 aliphatic rings. The fourth-order valence-electron chi connectivity index (χ4n) is 1.96. The Morgan fingerprint density at radius 3 is 2.61 bits per heavy atom. The summed E-state index contributed by atoms with van der Waals surface area (Å²) in [7, 11) is 1.68. The number of hydrogen-bond acceptors (Lipinski definition) is 2. The maximum absolute atomic E-state index is 5.15. The zero-order valence-electron chi connectivity index (χ0n) is 11.1. The molecule has 1 N–H and O–H groups in total. The van der Waals surface area contributed by atoms with E-state index >= 15 is 0 Å². The Morgan fingerprint density at radius 2 is 1.94 bits per heavy atom. The second kappa shape index (κ2) is 6.24. The predicted molar refractivity (Wildman–Crippen MR) is 73.8 cm³/mol. The van der Waals surface area contributed by atoms with Crippen molar-refractivity contribution in [2.75, 3.05) is 7.11 Å². The van der Waals surface area contributed by atoms with Crippen LogP contribution < -0.4 is 4.74 Å². The average molecular weight is 244 g/mol. The van der Waals surface area contributed by atoms with Gasteiger partial charge < -0.3 is 4.74 Å². The summed E-state index contributed by atoms with van der Waals surface area (Å²) < 4.78 is 5.15. The SMILES string of the molecule is CCCCCc1cc(-c2ccc(OC)cc2)n[nH]1. The summed E-state index contributed by atoms with van der Waals surface area (Å²) in [5, 5.41) is 7.47. The largest absolute Gasteiger partial charge is 0.497 e. The Morgan fingerprint density at radius 1 is 1.17 bits per heavy atom. The van der Waals surface area contributed by atoms with E-state index in [0.29, 0.717) is 0 Å². The molecule has 0 radical (unpaired) electrons. The normalized spacial score (nSPS) is 10.6.